The van der Waals surface area contributed by atoms with Crippen molar-refractivity contribution in [2.75, 3.05) is 27.4 Å². The van der Waals surface area contributed by atoms with Gasteiger partial charge >= 0.3 is 6.03 Å². The standard InChI is InChI=1S/C20H23FN2O5/c1-12(15-9-18(26-2)19(27-3)10-16(15)21)22-20(25)23-6-7-28-17-8-14(24)5-4-13(17)11-23/h4-5,8-10,12,24H,6-7,11H2,1-3H3,(H,22,25). The lowest BCUT2D eigenvalue weighted by Crippen LogP contribution is -2.41. The molecule has 7 nitrogen and oxygen atoms in total. The molecule has 2 N–H and O–H groups in total. The van der Waals surface area contributed by atoms with Crippen molar-refractivity contribution in [3.63, 3.8) is 0 Å². The molecule has 1 aliphatic rings. The van der Waals surface area contributed by atoms with Crippen LogP contribution >= 0.6 is 0 Å². The molecule has 2 amide bonds. The maximum absolute atomic E-state index is 14.5. The number of phenolic OH excluding ortho intramolecular Hbond substituents is 1. The Hall–Kier alpha value is -3.16. The van der Waals surface area contributed by atoms with Crippen LogP contribution in [0.2, 0.25) is 0 Å². The Bertz CT molecular complexity index is 874. The Morgan fingerprint density at radius 1 is 1.25 bits per heavy atom. The van der Waals surface area contributed by atoms with Crippen LogP contribution in [0.4, 0.5) is 9.18 Å². The van der Waals surface area contributed by atoms with Gasteiger partial charge in [0.2, 0.25) is 0 Å². The monoisotopic (exact) mass is 390 g/mol. The fraction of sp³-hybridized carbons (Fsp3) is 0.350. The second-order valence-corrected chi connectivity index (χ2v) is 6.46. The molecule has 0 radical (unpaired) electrons. The van der Waals surface area contributed by atoms with E-state index in [1.807, 2.05) is 0 Å². The molecule has 0 bridgehead atoms. The van der Waals surface area contributed by atoms with Gasteiger partial charge in [0.15, 0.2) is 11.5 Å². The molecule has 0 saturated heterocycles. The summed E-state index contributed by atoms with van der Waals surface area (Å²) in [5.74, 6) is 0.831. The van der Waals surface area contributed by atoms with Crippen molar-refractivity contribution in [3.8, 4) is 23.0 Å². The smallest absolute Gasteiger partial charge is 0.318 e. The Morgan fingerprint density at radius 2 is 1.96 bits per heavy atom. The first-order valence-corrected chi connectivity index (χ1v) is 8.84. The van der Waals surface area contributed by atoms with Crippen molar-refractivity contribution in [1.29, 1.82) is 0 Å². The second-order valence-electron chi connectivity index (χ2n) is 6.46. The normalized spacial score (nSPS) is 14.4. The van der Waals surface area contributed by atoms with Crippen LogP contribution in [0.15, 0.2) is 30.3 Å². The molecule has 2 aromatic carbocycles. The summed E-state index contributed by atoms with van der Waals surface area (Å²) in [6.45, 7) is 2.68. The van der Waals surface area contributed by atoms with Crippen LogP contribution in [-0.2, 0) is 6.54 Å². The van der Waals surface area contributed by atoms with E-state index in [1.54, 1.807) is 24.0 Å². The highest BCUT2D eigenvalue weighted by atomic mass is 19.1. The summed E-state index contributed by atoms with van der Waals surface area (Å²) in [6, 6.07) is 6.61. The Labute approximate surface area is 162 Å². The number of carbonyl (C=O) groups excluding carboxylic acids is 1. The number of methoxy groups -OCH3 is 2. The first kappa shape index (κ1) is 19.6. The Morgan fingerprint density at radius 3 is 2.68 bits per heavy atom. The third kappa shape index (κ3) is 4.05. The summed E-state index contributed by atoms with van der Waals surface area (Å²) >= 11 is 0. The summed E-state index contributed by atoms with van der Waals surface area (Å²) in [5.41, 5.74) is 1.08. The molecular formula is C20H23FN2O5. The number of halogens is 1. The zero-order chi connectivity index (χ0) is 20.3. The molecule has 2 aromatic rings. The minimum atomic E-state index is -0.587. The van der Waals surface area contributed by atoms with Gasteiger partial charge in [-0.1, -0.05) is 0 Å². The van der Waals surface area contributed by atoms with Gasteiger partial charge in [-0.05, 0) is 25.1 Å². The van der Waals surface area contributed by atoms with Crippen LogP contribution in [0, 0.1) is 5.82 Å². The zero-order valence-electron chi connectivity index (χ0n) is 16.0. The number of benzene rings is 2. The number of hydrogen-bond acceptors (Lipinski definition) is 5. The van der Waals surface area contributed by atoms with Gasteiger partial charge in [-0.25, -0.2) is 9.18 Å². The van der Waals surface area contributed by atoms with E-state index in [9.17, 15) is 14.3 Å². The van der Waals surface area contributed by atoms with Gasteiger partial charge < -0.3 is 29.5 Å². The molecule has 150 valence electrons. The highest BCUT2D eigenvalue weighted by Gasteiger charge is 2.23. The van der Waals surface area contributed by atoms with Crippen LogP contribution < -0.4 is 19.5 Å². The number of aromatic hydroxyl groups is 1. The van der Waals surface area contributed by atoms with Crippen LogP contribution in [0.25, 0.3) is 0 Å². The quantitative estimate of drug-likeness (QED) is 0.838. The van der Waals surface area contributed by atoms with E-state index in [4.69, 9.17) is 14.2 Å². The van der Waals surface area contributed by atoms with E-state index in [-0.39, 0.29) is 17.5 Å². The minimum absolute atomic E-state index is 0.106. The number of nitrogens with one attached hydrogen (secondary N) is 1. The van der Waals surface area contributed by atoms with Gasteiger partial charge in [0.25, 0.3) is 0 Å². The molecule has 1 atom stereocenters. The van der Waals surface area contributed by atoms with Crippen LogP contribution in [0.3, 0.4) is 0 Å². The highest BCUT2D eigenvalue weighted by molar-refractivity contribution is 5.75. The first-order chi connectivity index (χ1) is 13.4. The topological polar surface area (TPSA) is 80.3 Å². The summed E-state index contributed by atoms with van der Waals surface area (Å²) in [4.78, 5) is 14.3. The predicted octanol–water partition coefficient (Wildman–Crippen LogP) is 3.21. The lowest BCUT2D eigenvalue weighted by Gasteiger charge is -2.24. The number of ether oxygens (including phenoxy) is 3. The zero-order valence-corrected chi connectivity index (χ0v) is 16.0. The molecule has 0 aromatic heterocycles. The third-order valence-electron chi connectivity index (χ3n) is 4.63. The molecule has 0 saturated carbocycles. The van der Waals surface area contributed by atoms with Gasteiger partial charge in [-0.15, -0.1) is 0 Å². The summed E-state index contributed by atoms with van der Waals surface area (Å²) < 4.78 is 30.4. The fourth-order valence-electron chi connectivity index (χ4n) is 3.09. The predicted molar refractivity (Wildman–Crippen MR) is 100 cm³/mol. The number of phenols is 1. The maximum Gasteiger partial charge on any atom is 0.318 e. The van der Waals surface area contributed by atoms with Crippen molar-refractivity contribution in [3.05, 3.63) is 47.3 Å². The van der Waals surface area contributed by atoms with Gasteiger partial charge in [0.1, 0.15) is 23.9 Å². The molecule has 1 aliphatic heterocycles. The largest absolute Gasteiger partial charge is 0.508 e. The molecule has 0 aliphatic carbocycles. The van der Waals surface area contributed by atoms with Gasteiger partial charge in [0, 0.05) is 23.3 Å². The van der Waals surface area contributed by atoms with Gasteiger partial charge in [-0.2, -0.15) is 0 Å². The van der Waals surface area contributed by atoms with Crippen molar-refractivity contribution >= 4 is 6.03 Å². The fourth-order valence-corrected chi connectivity index (χ4v) is 3.09. The van der Waals surface area contributed by atoms with E-state index in [1.165, 1.54) is 32.4 Å². The molecule has 0 spiro atoms. The summed E-state index contributed by atoms with van der Waals surface area (Å²) in [6.07, 6.45) is 0. The van der Waals surface area contributed by atoms with Crippen LogP contribution in [-0.4, -0.2) is 43.4 Å². The van der Waals surface area contributed by atoms with E-state index < -0.39 is 11.9 Å². The lowest BCUT2D eigenvalue weighted by molar-refractivity contribution is 0.184. The van der Waals surface area contributed by atoms with Gasteiger partial charge in [-0.3, -0.25) is 0 Å². The van der Waals surface area contributed by atoms with E-state index in [0.717, 1.165) is 5.56 Å². The average molecular weight is 390 g/mol. The van der Waals surface area contributed by atoms with E-state index in [0.29, 0.717) is 36.8 Å². The second kappa shape index (κ2) is 8.24. The first-order valence-electron chi connectivity index (χ1n) is 8.84. The SMILES string of the molecule is COc1cc(F)c(C(C)NC(=O)N2CCOc3cc(O)ccc3C2)cc1OC. The number of urea groups is 1. The molecule has 0 fully saturated rings. The molecule has 8 heteroatoms. The van der Waals surface area contributed by atoms with Crippen LogP contribution in [0.1, 0.15) is 24.1 Å². The summed E-state index contributed by atoms with van der Waals surface area (Å²) in [7, 11) is 2.90. The average Bonchev–Trinajstić information content (AvgIpc) is 2.89. The lowest BCUT2D eigenvalue weighted by atomic mass is 10.1. The molecule has 1 heterocycles. The Balaban J connectivity index is 1.74. The molecule has 28 heavy (non-hydrogen) atoms. The van der Waals surface area contributed by atoms with Crippen molar-refractivity contribution in [2.45, 2.75) is 19.5 Å². The number of nitrogens with zero attached hydrogens (tertiary/aromatic N) is 1. The van der Waals surface area contributed by atoms with Crippen molar-refractivity contribution < 1.29 is 28.5 Å². The number of rotatable bonds is 4. The van der Waals surface area contributed by atoms with Crippen molar-refractivity contribution in [1.82, 2.24) is 10.2 Å². The number of hydrogen-bond donors (Lipinski definition) is 2. The van der Waals surface area contributed by atoms with E-state index in [2.05, 4.69) is 5.32 Å². The highest BCUT2D eigenvalue weighted by Crippen LogP contribution is 2.32. The Kier molecular flexibility index (Phi) is 5.77. The minimum Gasteiger partial charge on any atom is -0.508 e. The molecule has 3 rings (SSSR count). The summed E-state index contributed by atoms with van der Waals surface area (Å²) in [5, 5.41) is 12.4. The molecular weight excluding hydrogens is 367 g/mol. The van der Waals surface area contributed by atoms with Crippen molar-refractivity contribution in [2.24, 2.45) is 0 Å². The number of amides is 2. The maximum atomic E-state index is 14.5. The number of carbonyl (C=O) groups is 1. The molecule has 1 unspecified atom stereocenters. The third-order valence-corrected chi connectivity index (χ3v) is 4.63. The van der Waals surface area contributed by atoms with Gasteiger partial charge in [0.05, 0.1) is 33.4 Å². The number of fused-ring (bicyclic) bond motifs is 1. The van der Waals surface area contributed by atoms with E-state index >= 15 is 0 Å². The van der Waals surface area contributed by atoms with Crippen LogP contribution in [0.5, 0.6) is 23.0 Å².